The first-order valence-electron chi connectivity index (χ1n) is 6.88. The number of amides is 1. The Morgan fingerprint density at radius 1 is 1.10 bits per heavy atom. The summed E-state index contributed by atoms with van der Waals surface area (Å²) in [6.07, 6.45) is -4.38. The smallest absolute Gasteiger partial charge is 0.336 e. The van der Waals surface area contributed by atoms with Crippen molar-refractivity contribution in [3.05, 3.63) is 35.4 Å². The third-order valence-corrected chi connectivity index (χ3v) is 4.11. The van der Waals surface area contributed by atoms with Crippen LogP contribution < -0.4 is 0 Å². The van der Waals surface area contributed by atoms with E-state index in [9.17, 15) is 18.0 Å². The summed E-state index contributed by atoms with van der Waals surface area (Å²) in [5, 5.41) is 0. The van der Waals surface area contributed by atoms with Gasteiger partial charge in [-0.05, 0) is 45.2 Å². The molecule has 0 radical (unpaired) electrons. The van der Waals surface area contributed by atoms with E-state index < -0.39 is 11.7 Å². The van der Waals surface area contributed by atoms with Crippen LogP contribution in [0.4, 0.5) is 13.2 Å². The van der Waals surface area contributed by atoms with Gasteiger partial charge in [-0.1, -0.05) is 0 Å². The van der Waals surface area contributed by atoms with E-state index in [1.807, 2.05) is 20.9 Å². The molecule has 1 fully saturated rings. The molecule has 21 heavy (non-hydrogen) atoms. The van der Waals surface area contributed by atoms with Gasteiger partial charge in [0, 0.05) is 30.7 Å². The number of nitrogens with zero attached hydrogens (tertiary/aromatic N) is 2. The molecule has 1 saturated heterocycles. The average molecular weight is 300 g/mol. The maximum Gasteiger partial charge on any atom is 0.416 e. The molecule has 0 N–H and O–H groups in total. The van der Waals surface area contributed by atoms with Gasteiger partial charge in [0.15, 0.2) is 0 Å². The molecular formula is C15H19F3N2O. The Labute approximate surface area is 122 Å². The van der Waals surface area contributed by atoms with Gasteiger partial charge in [0.25, 0.3) is 5.91 Å². The van der Waals surface area contributed by atoms with Crippen LogP contribution >= 0.6 is 0 Å². The van der Waals surface area contributed by atoms with E-state index in [0.717, 1.165) is 12.1 Å². The lowest BCUT2D eigenvalue weighted by molar-refractivity contribution is -0.137. The highest BCUT2D eigenvalue weighted by atomic mass is 19.4. The van der Waals surface area contributed by atoms with E-state index in [1.54, 1.807) is 4.90 Å². The van der Waals surface area contributed by atoms with Crippen molar-refractivity contribution in [1.82, 2.24) is 9.80 Å². The number of rotatable bonds is 1. The highest BCUT2D eigenvalue weighted by Gasteiger charge is 2.32. The van der Waals surface area contributed by atoms with Crippen LogP contribution in [-0.2, 0) is 6.18 Å². The van der Waals surface area contributed by atoms with Crippen molar-refractivity contribution < 1.29 is 18.0 Å². The molecule has 1 aromatic carbocycles. The Bertz CT molecular complexity index is 501. The molecule has 2 rings (SSSR count). The standard InChI is InChI=1S/C15H19F3N2O/c1-10-8-20(9-11(2)19(10)3)14(21)12-4-6-13(7-5-12)15(16,17)18/h4-7,10-11H,8-9H2,1-3H3. The third kappa shape index (κ3) is 3.37. The van der Waals surface area contributed by atoms with Gasteiger partial charge in [0.2, 0.25) is 0 Å². The van der Waals surface area contributed by atoms with Gasteiger partial charge in [0.05, 0.1) is 5.56 Å². The number of benzene rings is 1. The van der Waals surface area contributed by atoms with Gasteiger partial charge < -0.3 is 4.90 Å². The topological polar surface area (TPSA) is 23.6 Å². The Morgan fingerprint density at radius 2 is 1.57 bits per heavy atom. The molecule has 0 saturated carbocycles. The van der Waals surface area contributed by atoms with Crippen LogP contribution in [0.1, 0.15) is 29.8 Å². The molecule has 0 aliphatic carbocycles. The molecule has 3 nitrogen and oxygen atoms in total. The largest absolute Gasteiger partial charge is 0.416 e. The van der Waals surface area contributed by atoms with Gasteiger partial charge in [-0.15, -0.1) is 0 Å². The lowest BCUT2D eigenvalue weighted by Crippen LogP contribution is -2.56. The highest BCUT2D eigenvalue weighted by Crippen LogP contribution is 2.29. The number of hydrogen-bond donors (Lipinski definition) is 0. The van der Waals surface area contributed by atoms with Crippen molar-refractivity contribution >= 4 is 5.91 Å². The fourth-order valence-electron chi connectivity index (χ4n) is 2.55. The first-order chi connectivity index (χ1) is 9.70. The van der Waals surface area contributed by atoms with Crippen LogP contribution in [0.15, 0.2) is 24.3 Å². The van der Waals surface area contributed by atoms with Crippen LogP contribution in [0, 0.1) is 0 Å². The predicted molar refractivity (Wildman–Crippen MR) is 74.0 cm³/mol. The number of alkyl halides is 3. The Hall–Kier alpha value is -1.56. The molecule has 1 aliphatic rings. The highest BCUT2D eigenvalue weighted by molar-refractivity contribution is 5.94. The molecule has 1 aliphatic heterocycles. The van der Waals surface area contributed by atoms with Crippen LogP contribution in [0.2, 0.25) is 0 Å². The first-order valence-corrected chi connectivity index (χ1v) is 6.88. The molecular weight excluding hydrogens is 281 g/mol. The molecule has 6 heteroatoms. The van der Waals surface area contributed by atoms with E-state index in [-0.39, 0.29) is 18.0 Å². The van der Waals surface area contributed by atoms with Crippen molar-refractivity contribution in [2.24, 2.45) is 0 Å². The lowest BCUT2D eigenvalue weighted by atomic mass is 10.1. The Morgan fingerprint density at radius 3 is 2.00 bits per heavy atom. The summed E-state index contributed by atoms with van der Waals surface area (Å²) in [5.74, 6) is -0.212. The maximum absolute atomic E-state index is 12.5. The van der Waals surface area contributed by atoms with Crippen molar-refractivity contribution in [2.45, 2.75) is 32.1 Å². The van der Waals surface area contributed by atoms with Crippen molar-refractivity contribution in [3.8, 4) is 0 Å². The lowest BCUT2D eigenvalue weighted by Gasteiger charge is -2.42. The summed E-state index contributed by atoms with van der Waals surface area (Å²) in [4.78, 5) is 16.3. The SMILES string of the molecule is CC1CN(C(=O)c2ccc(C(F)(F)F)cc2)CC(C)N1C. The van der Waals surface area contributed by atoms with Crippen LogP contribution in [0.3, 0.4) is 0 Å². The Kier molecular flexibility index (Phi) is 4.27. The van der Waals surface area contributed by atoms with Gasteiger partial charge >= 0.3 is 6.18 Å². The van der Waals surface area contributed by atoms with Crippen LogP contribution in [0.5, 0.6) is 0 Å². The molecule has 116 valence electrons. The number of likely N-dealkylation sites (N-methyl/N-ethyl adjacent to an activating group) is 1. The molecule has 0 bridgehead atoms. The quantitative estimate of drug-likeness (QED) is 0.796. The van der Waals surface area contributed by atoms with E-state index in [4.69, 9.17) is 0 Å². The first kappa shape index (κ1) is 15.8. The Balaban J connectivity index is 2.13. The molecule has 0 aromatic heterocycles. The molecule has 1 heterocycles. The average Bonchev–Trinajstić information content (AvgIpc) is 2.42. The summed E-state index contributed by atoms with van der Waals surface area (Å²) in [6, 6.07) is 4.86. The van der Waals surface area contributed by atoms with Crippen molar-refractivity contribution in [3.63, 3.8) is 0 Å². The second-order valence-electron chi connectivity index (χ2n) is 5.65. The van der Waals surface area contributed by atoms with Crippen LogP contribution in [0.25, 0.3) is 0 Å². The minimum Gasteiger partial charge on any atom is -0.336 e. The summed E-state index contributed by atoms with van der Waals surface area (Å²) in [5.41, 5.74) is -0.439. The van der Waals surface area contributed by atoms with E-state index in [0.29, 0.717) is 18.7 Å². The predicted octanol–water partition coefficient (Wildman–Crippen LogP) is 2.87. The minimum absolute atomic E-state index is 0.212. The van der Waals surface area contributed by atoms with Gasteiger partial charge in [0.1, 0.15) is 0 Å². The minimum atomic E-state index is -4.38. The van der Waals surface area contributed by atoms with E-state index in [2.05, 4.69) is 4.90 Å². The van der Waals surface area contributed by atoms with Gasteiger partial charge in [-0.3, -0.25) is 9.69 Å². The van der Waals surface area contributed by atoms with E-state index in [1.165, 1.54) is 12.1 Å². The van der Waals surface area contributed by atoms with Crippen molar-refractivity contribution in [2.75, 3.05) is 20.1 Å². The number of halogens is 3. The molecule has 0 spiro atoms. The number of carbonyl (C=O) groups excluding carboxylic acids is 1. The van der Waals surface area contributed by atoms with E-state index >= 15 is 0 Å². The second-order valence-corrected chi connectivity index (χ2v) is 5.65. The monoisotopic (exact) mass is 300 g/mol. The molecule has 2 atom stereocenters. The third-order valence-electron chi connectivity index (χ3n) is 4.11. The number of piperazine rings is 1. The normalized spacial score (nSPS) is 24.2. The zero-order valence-electron chi connectivity index (χ0n) is 12.3. The summed E-state index contributed by atoms with van der Waals surface area (Å²) in [7, 11) is 2.01. The molecule has 1 aromatic rings. The summed E-state index contributed by atoms with van der Waals surface area (Å²) >= 11 is 0. The fraction of sp³-hybridized carbons (Fsp3) is 0.533. The summed E-state index contributed by atoms with van der Waals surface area (Å²) in [6.45, 7) is 5.23. The zero-order valence-corrected chi connectivity index (χ0v) is 12.3. The zero-order chi connectivity index (χ0) is 15.8. The fourth-order valence-corrected chi connectivity index (χ4v) is 2.55. The number of carbonyl (C=O) groups is 1. The molecule has 1 amide bonds. The van der Waals surface area contributed by atoms with Crippen LogP contribution in [-0.4, -0.2) is 47.9 Å². The van der Waals surface area contributed by atoms with Crippen molar-refractivity contribution in [1.29, 1.82) is 0 Å². The van der Waals surface area contributed by atoms with Gasteiger partial charge in [-0.25, -0.2) is 0 Å². The van der Waals surface area contributed by atoms with Gasteiger partial charge in [-0.2, -0.15) is 13.2 Å². The maximum atomic E-state index is 12.5. The second kappa shape index (κ2) is 5.67. The number of hydrogen-bond acceptors (Lipinski definition) is 2. The summed E-state index contributed by atoms with van der Waals surface area (Å²) < 4.78 is 37.6. The molecule has 2 unspecified atom stereocenters.